The van der Waals surface area contributed by atoms with Gasteiger partial charge >= 0.3 is 0 Å². The molecule has 1 heterocycles. The van der Waals surface area contributed by atoms with E-state index in [2.05, 4.69) is 237 Å². The van der Waals surface area contributed by atoms with E-state index in [1.807, 2.05) is 0 Å². The summed E-state index contributed by atoms with van der Waals surface area (Å²) in [6.45, 7) is 0. The minimum Gasteiger partial charge on any atom is -0.208 e. The van der Waals surface area contributed by atoms with E-state index in [4.69, 9.17) is 15.0 Å². The summed E-state index contributed by atoms with van der Waals surface area (Å²) in [6, 6.07) is 85.0. The third-order valence-electron chi connectivity index (χ3n) is 13.4. The standard InChI is InChI=1S/C64H41N3/c1-5-17-41(18-6-1)46-32-47(42-19-7-2-8-20-42)35-52(34-46)63-65-62(66-64(67-63)53-36-48(43-21-9-3-10-22-43)33-49(37-53)44-23-11-4-12-24-44)45-29-30-54-50(31-45)38-51-39-60-57-27-15-13-25-55(57)56-26-14-16-28-58(56)61(60)40-59(51)54/h1-37,39-40H,38H2. The Morgan fingerprint density at radius 1 is 0.209 bits per heavy atom. The second kappa shape index (κ2) is 16.0. The SMILES string of the molecule is c1ccc(-c2cc(-c3ccccc3)cc(-c3nc(-c4cc(-c5ccccc5)cc(-c5ccccc5)c4)nc(-c4ccc5c(c4)Cc4cc6c7ccccc7c7ccccc7c6cc4-5)n3)c2)cc1. The van der Waals surface area contributed by atoms with Gasteiger partial charge in [0.15, 0.2) is 17.5 Å². The zero-order valence-electron chi connectivity index (χ0n) is 36.6. The molecule has 0 amide bonds. The molecule has 1 aromatic heterocycles. The van der Waals surface area contributed by atoms with Crippen LogP contribution in [0.4, 0.5) is 0 Å². The van der Waals surface area contributed by atoms with E-state index in [-0.39, 0.29) is 0 Å². The van der Waals surface area contributed by atoms with E-state index in [1.54, 1.807) is 0 Å². The Labute approximate surface area is 389 Å². The monoisotopic (exact) mass is 851 g/mol. The fourth-order valence-electron chi connectivity index (χ4n) is 10.2. The highest BCUT2D eigenvalue weighted by molar-refractivity contribution is 6.26. The lowest BCUT2D eigenvalue weighted by molar-refractivity contribution is 1.07. The molecule has 3 heteroatoms. The first-order valence-electron chi connectivity index (χ1n) is 23.0. The van der Waals surface area contributed by atoms with Crippen LogP contribution in [0.5, 0.6) is 0 Å². The first-order chi connectivity index (χ1) is 33.2. The molecular weight excluding hydrogens is 811 g/mol. The van der Waals surface area contributed by atoms with Gasteiger partial charge in [-0.05, 0) is 160 Å². The summed E-state index contributed by atoms with van der Waals surface area (Å²) < 4.78 is 0. The minimum atomic E-state index is 0.620. The molecule has 3 nitrogen and oxygen atoms in total. The number of benzene rings is 11. The van der Waals surface area contributed by atoms with Gasteiger partial charge in [-0.25, -0.2) is 15.0 Å². The normalized spacial score (nSPS) is 11.8. The number of rotatable bonds is 7. The van der Waals surface area contributed by atoms with E-state index in [0.29, 0.717) is 17.5 Å². The highest BCUT2D eigenvalue weighted by Crippen LogP contribution is 2.45. The van der Waals surface area contributed by atoms with Crippen LogP contribution in [0.25, 0.3) is 122 Å². The van der Waals surface area contributed by atoms with Gasteiger partial charge in [-0.3, -0.25) is 0 Å². The van der Waals surface area contributed by atoms with Gasteiger partial charge in [0.25, 0.3) is 0 Å². The van der Waals surface area contributed by atoms with Crippen molar-refractivity contribution >= 4 is 32.3 Å². The van der Waals surface area contributed by atoms with Gasteiger partial charge < -0.3 is 0 Å². The fraction of sp³-hybridized carbons (Fsp3) is 0.0156. The molecule has 1 aliphatic rings. The molecule has 0 bridgehead atoms. The summed E-state index contributed by atoms with van der Waals surface area (Å²) in [5.74, 6) is 1.88. The van der Waals surface area contributed by atoms with Crippen molar-refractivity contribution in [2.24, 2.45) is 0 Å². The highest BCUT2D eigenvalue weighted by atomic mass is 15.0. The van der Waals surface area contributed by atoms with Crippen molar-refractivity contribution in [2.75, 3.05) is 0 Å². The number of nitrogens with zero attached hydrogens (tertiary/aromatic N) is 3. The molecule has 0 saturated carbocycles. The molecule has 67 heavy (non-hydrogen) atoms. The lowest BCUT2D eigenvalue weighted by Crippen LogP contribution is -2.01. The third-order valence-corrected chi connectivity index (χ3v) is 13.4. The summed E-state index contributed by atoms with van der Waals surface area (Å²) in [4.78, 5) is 16.2. The lowest BCUT2D eigenvalue weighted by Gasteiger charge is -2.14. The summed E-state index contributed by atoms with van der Waals surface area (Å²) in [7, 11) is 0. The van der Waals surface area contributed by atoms with Gasteiger partial charge in [0.05, 0.1) is 0 Å². The predicted octanol–water partition coefficient (Wildman–Crippen LogP) is 16.6. The highest BCUT2D eigenvalue weighted by Gasteiger charge is 2.23. The second-order valence-electron chi connectivity index (χ2n) is 17.6. The first-order valence-corrected chi connectivity index (χ1v) is 23.0. The summed E-state index contributed by atoms with van der Waals surface area (Å²) in [6.07, 6.45) is 0.833. The number of hydrogen-bond acceptors (Lipinski definition) is 3. The average molecular weight is 852 g/mol. The van der Waals surface area contributed by atoms with Crippen LogP contribution >= 0.6 is 0 Å². The summed E-state index contributed by atoms with van der Waals surface area (Å²) in [5, 5.41) is 7.74. The molecule has 0 spiro atoms. The van der Waals surface area contributed by atoms with Crippen LogP contribution in [0, 0.1) is 0 Å². The zero-order chi connectivity index (χ0) is 44.3. The van der Waals surface area contributed by atoms with E-state index >= 15 is 0 Å². The van der Waals surface area contributed by atoms with Gasteiger partial charge in [0.2, 0.25) is 0 Å². The molecule has 0 unspecified atom stereocenters. The summed E-state index contributed by atoms with van der Waals surface area (Å²) in [5.41, 5.74) is 16.9. The molecule has 0 fully saturated rings. The largest absolute Gasteiger partial charge is 0.208 e. The van der Waals surface area contributed by atoms with Crippen molar-refractivity contribution in [3.05, 3.63) is 248 Å². The molecule has 0 N–H and O–H groups in total. The second-order valence-corrected chi connectivity index (χ2v) is 17.6. The van der Waals surface area contributed by atoms with Crippen molar-refractivity contribution in [2.45, 2.75) is 6.42 Å². The van der Waals surface area contributed by atoms with Crippen molar-refractivity contribution < 1.29 is 0 Å². The number of aromatic nitrogens is 3. The molecule has 0 aliphatic heterocycles. The minimum absolute atomic E-state index is 0.620. The quantitative estimate of drug-likeness (QED) is 0.150. The van der Waals surface area contributed by atoms with Crippen LogP contribution < -0.4 is 0 Å². The Hall–Kier alpha value is -8.79. The van der Waals surface area contributed by atoms with Crippen LogP contribution in [-0.4, -0.2) is 15.0 Å². The molecule has 0 atom stereocenters. The van der Waals surface area contributed by atoms with Crippen molar-refractivity contribution in [3.8, 4) is 89.8 Å². The van der Waals surface area contributed by atoms with E-state index in [1.165, 1.54) is 54.6 Å². The molecule has 13 rings (SSSR count). The summed E-state index contributed by atoms with van der Waals surface area (Å²) >= 11 is 0. The average Bonchev–Trinajstić information content (AvgIpc) is 3.78. The maximum Gasteiger partial charge on any atom is 0.164 e. The Bertz CT molecular complexity index is 3600. The lowest BCUT2D eigenvalue weighted by atomic mass is 9.91. The molecule has 0 saturated heterocycles. The fourth-order valence-corrected chi connectivity index (χ4v) is 10.2. The van der Waals surface area contributed by atoms with Crippen LogP contribution in [0.15, 0.2) is 237 Å². The van der Waals surface area contributed by atoms with Crippen LogP contribution in [0.1, 0.15) is 11.1 Å². The number of fused-ring (bicyclic) bond motifs is 9. The van der Waals surface area contributed by atoms with Crippen molar-refractivity contribution in [1.29, 1.82) is 0 Å². The van der Waals surface area contributed by atoms with E-state index in [0.717, 1.165) is 67.6 Å². The van der Waals surface area contributed by atoms with Gasteiger partial charge in [-0.15, -0.1) is 0 Å². The molecule has 11 aromatic carbocycles. The Balaban J connectivity index is 1.01. The van der Waals surface area contributed by atoms with Crippen molar-refractivity contribution in [3.63, 3.8) is 0 Å². The van der Waals surface area contributed by atoms with Crippen LogP contribution in [-0.2, 0) is 6.42 Å². The van der Waals surface area contributed by atoms with Crippen LogP contribution in [0.2, 0.25) is 0 Å². The maximum atomic E-state index is 5.40. The van der Waals surface area contributed by atoms with Gasteiger partial charge in [0, 0.05) is 16.7 Å². The molecular formula is C64H41N3. The Morgan fingerprint density at radius 2 is 0.537 bits per heavy atom. The molecule has 1 aliphatic carbocycles. The Morgan fingerprint density at radius 3 is 0.955 bits per heavy atom. The topological polar surface area (TPSA) is 38.7 Å². The molecule has 312 valence electrons. The van der Waals surface area contributed by atoms with Crippen molar-refractivity contribution in [1.82, 2.24) is 15.0 Å². The van der Waals surface area contributed by atoms with Gasteiger partial charge in [0.1, 0.15) is 0 Å². The maximum absolute atomic E-state index is 5.40. The van der Waals surface area contributed by atoms with Crippen LogP contribution in [0.3, 0.4) is 0 Å². The first kappa shape index (κ1) is 38.6. The molecule has 12 aromatic rings. The van der Waals surface area contributed by atoms with Gasteiger partial charge in [-0.2, -0.15) is 0 Å². The third kappa shape index (κ3) is 6.97. The van der Waals surface area contributed by atoms with Gasteiger partial charge in [-0.1, -0.05) is 182 Å². The van der Waals surface area contributed by atoms with E-state index in [9.17, 15) is 0 Å². The number of hydrogen-bond donors (Lipinski definition) is 0. The smallest absolute Gasteiger partial charge is 0.164 e. The zero-order valence-corrected chi connectivity index (χ0v) is 36.6. The van der Waals surface area contributed by atoms with E-state index < -0.39 is 0 Å². The Kier molecular flexibility index (Phi) is 9.24. The molecule has 0 radical (unpaired) electrons. The predicted molar refractivity (Wildman–Crippen MR) is 279 cm³/mol.